The summed E-state index contributed by atoms with van der Waals surface area (Å²) in [4.78, 5) is 0. The van der Waals surface area contributed by atoms with Gasteiger partial charge in [0.2, 0.25) is 0 Å². The second-order valence-corrected chi connectivity index (χ2v) is 2.84. The van der Waals surface area contributed by atoms with Crippen molar-refractivity contribution in [3.63, 3.8) is 0 Å². The molecular weight excluding hydrogens is 184 g/mol. The molecule has 12 heavy (non-hydrogen) atoms. The maximum absolute atomic E-state index is 9.85. The SMILES string of the molecule is C1COCCO1.COS(=O)OC. The Morgan fingerprint density at radius 2 is 1.33 bits per heavy atom. The molecule has 1 fully saturated rings. The molecule has 0 aliphatic carbocycles. The molecule has 1 rings (SSSR count). The molecule has 1 saturated heterocycles. The Balaban J connectivity index is 0.000000202. The van der Waals surface area contributed by atoms with Crippen LogP contribution in [0, 0.1) is 0 Å². The van der Waals surface area contributed by atoms with Crippen molar-refractivity contribution in [3.05, 3.63) is 0 Å². The van der Waals surface area contributed by atoms with Crippen LogP contribution < -0.4 is 0 Å². The molecule has 0 atom stereocenters. The van der Waals surface area contributed by atoms with Crippen molar-refractivity contribution >= 4 is 11.4 Å². The van der Waals surface area contributed by atoms with Crippen LogP contribution in [-0.4, -0.2) is 44.9 Å². The first-order chi connectivity index (χ1) is 5.81. The minimum absolute atomic E-state index is 0.778. The molecule has 5 nitrogen and oxygen atoms in total. The van der Waals surface area contributed by atoms with Gasteiger partial charge in [-0.2, -0.15) is 4.21 Å². The van der Waals surface area contributed by atoms with E-state index in [0.29, 0.717) is 0 Å². The zero-order valence-electron chi connectivity index (χ0n) is 7.28. The van der Waals surface area contributed by atoms with E-state index in [2.05, 4.69) is 8.37 Å². The Morgan fingerprint density at radius 3 is 1.42 bits per heavy atom. The maximum Gasteiger partial charge on any atom is 0.304 e. The molecule has 0 unspecified atom stereocenters. The van der Waals surface area contributed by atoms with Gasteiger partial charge in [0.25, 0.3) is 0 Å². The second-order valence-electron chi connectivity index (χ2n) is 1.76. The zero-order valence-corrected chi connectivity index (χ0v) is 8.09. The van der Waals surface area contributed by atoms with Crippen LogP contribution in [0.5, 0.6) is 0 Å². The van der Waals surface area contributed by atoms with Gasteiger partial charge in [0, 0.05) is 0 Å². The van der Waals surface area contributed by atoms with Crippen molar-refractivity contribution in [3.8, 4) is 0 Å². The maximum atomic E-state index is 9.85. The van der Waals surface area contributed by atoms with Gasteiger partial charge >= 0.3 is 11.4 Å². The summed E-state index contributed by atoms with van der Waals surface area (Å²) in [5.41, 5.74) is 0. The van der Waals surface area contributed by atoms with Crippen molar-refractivity contribution in [2.75, 3.05) is 40.6 Å². The van der Waals surface area contributed by atoms with Gasteiger partial charge in [-0.25, -0.2) is 0 Å². The molecule has 1 aliphatic rings. The summed E-state index contributed by atoms with van der Waals surface area (Å²) in [5.74, 6) is 0. The van der Waals surface area contributed by atoms with Crippen LogP contribution in [0.25, 0.3) is 0 Å². The predicted octanol–water partition coefficient (Wildman–Crippen LogP) is -0.109. The smallest absolute Gasteiger partial charge is 0.304 e. The monoisotopic (exact) mass is 198 g/mol. The number of hydrogen-bond donors (Lipinski definition) is 0. The molecule has 6 heteroatoms. The largest absolute Gasteiger partial charge is 0.377 e. The van der Waals surface area contributed by atoms with E-state index in [9.17, 15) is 4.21 Å². The van der Waals surface area contributed by atoms with Gasteiger partial charge in [-0.3, -0.25) is 8.37 Å². The summed E-state index contributed by atoms with van der Waals surface area (Å²) < 4.78 is 28.0. The van der Waals surface area contributed by atoms with Crippen molar-refractivity contribution in [1.29, 1.82) is 0 Å². The minimum Gasteiger partial charge on any atom is -0.377 e. The molecule has 74 valence electrons. The Hall–Kier alpha value is -0.0100. The van der Waals surface area contributed by atoms with Crippen molar-refractivity contribution in [1.82, 2.24) is 0 Å². The first-order valence-electron chi connectivity index (χ1n) is 3.47. The van der Waals surface area contributed by atoms with E-state index in [4.69, 9.17) is 9.47 Å². The number of hydrogen-bond acceptors (Lipinski definition) is 5. The van der Waals surface area contributed by atoms with Gasteiger partial charge in [-0.05, 0) is 0 Å². The fourth-order valence-electron chi connectivity index (χ4n) is 0.508. The molecule has 0 saturated carbocycles. The first-order valence-corrected chi connectivity index (χ1v) is 4.47. The standard InChI is InChI=1S/C4H8O2.C2H6O3S/c1-2-6-4-3-5-1;1-4-6(3)5-2/h1-4H2;1-2H3. The highest BCUT2D eigenvalue weighted by atomic mass is 32.2. The summed E-state index contributed by atoms with van der Waals surface area (Å²) in [5, 5.41) is 0. The van der Waals surface area contributed by atoms with E-state index < -0.39 is 11.4 Å². The van der Waals surface area contributed by atoms with E-state index in [1.807, 2.05) is 0 Å². The highest BCUT2D eigenvalue weighted by molar-refractivity contribution is 7.75. The Bertz CT molecular complexity index is 97.0. The van der Waals surface area contributed by atoms with Crippen molar-refractivity contribution in [2.24, 2.45) is 0 Å². The van der Waals surface area contributed by atoms with E-state index in [1.54, 1.807) is 0 Å². The fraction of sp³-hybridized carbons (Fsp3) is 1.00. The molecule has 1 heterocycles. The van der Waals surface area contributed by atoms with Crippen LogP contribution in [0.1, 0.15) is 0 Å². The van der Waals surface area contributed by atoms with Gasteiger partial charge < -0.3 is 9.47 Å². The third-order valence-corrected chi connectivity index (χ3v) is 1.56. The molecule has 0 bridgehead atoms. The van der Waals surface area contributed by atoms with Crippen LogP contribution >= 0.6 is 0 Å². The average molecular weight is 198 g/mol. The van der Waals surface area contributed by atoms with Crippen molar-refractivity contribution < 1.29 is 22.0 Å². The van der Waals surface area contributed by atoms with Gasteiger partial charge in [0.1, 0.15) is 0 Å². The lowest BCUT2D eigenvalue weighted by atomic mass is 10.6. The lowest BCUT2D eigenvalue weighted by Gasteiger charge is -2.09. The Kier molecular flexibility index (Phi) is 9.07. The highest BCUT2D eigenvalue weighted by Gasteiger charge is 1.94. The van der Waals surface area contributed by atoms with Crippen LogP contribution in [-0.2, 0) is 29.2 Å². The summed E-state index contributed by atoms with van der Waals surface area (Å²) in [6.07, 6.45) is 0. The number of ether oxygens (including phenoxy) is 2. The molecule has 0 spiro atoms. The molecule has 0 radical (unpaired) electrons. The topological polar surface area (TPSA) is 54.0 Å². The molecule has 1 aliphatic heterocycles. The van der Waals surface area contributed by atoms with Gasteiger partial charge in [0.15, 0.2) is 0 Å². The quantitative estimate of drug-likeness (QED) is 0.619. The average Bonchev–Trinajstić information content (AvgIpc) is 2.20. The third kappa shape index (κ3) is 8.09. The Morgan fingerprint density at radius 1 is 1.00 bits per heavy atom. The zero-order chi connectivity index (χ0) is 9.23. The Labute approximate surface area is 74.8 Å². The van der Waals surface area contributed by atoms with Gasteiger partial charge in [0.05, 0.1) is 40.6 Å². The fourth-order valence-corrected chi connectivity index (χ4v) is 0.644. The summed E-state index contributed by atoms with van der Waals surface area (Å²) in [6, 6.07) is 0. The van der Waals surface area contributed by atoms with Crippen LogP contribution in [0.2, 0.25) is 0 Å². The molecule has 0 aromatic carbocycles. The molecule has 0 aromatic rings. The summed E-state index contributed by atoms with van der Waals surface area (Å²) in [6.45, 7) is 3.11. The third-order valence-electron chi connectivity index (χ3n) is 1.02. The minimum atomic E-state index is -1.53. The van der Waals surface area contributed by atoms with Crippen molar-refractivity contribution in [2.45, 2.75) is 0 Å². The molecule has 0 aromatic heterocycles. The second kappa shape index (κ2) is 9.08. The number of rotatable bonds is 2. The summed E-state index contributed by atoms with van der Waals surface area (Å²) in [7, 11) is 2.61. The van der Waals surface area contributed by atoms with E-state index in [1.165, 1.54) is 14.2 Å². The van der Waals surface area contributed by atoms with E-state index in [-0.39, 0.29) is 0 Å². The van der Waals surface area contributed by atoms with Crippen LogP contribution in [0.3, 0.4) is 0 Å². The lowest BCUT2D eigenvalue weighted by molar-refractivity contribution is -0.0334. The molecular formula is C6H14O5S. The highest BCUT2D eigenvalue weighted by Crippen LogP contribution is 1.85. The van der Waals surface area contributed by atoms with Crippen LogP contribution in [0.15, 0.2) is 0 Å². The van der Waals surface area contributed by atoms with Gasteiger partial charge in [-0.1, -0.05) is 0 Å². The first kappa shape index (κ1) is 12.0. The van der Waals surface area contributed by atoms with Gasteiger partial charge in [-0.15, -0.1) is 0 Å². The lowest BCUT2D eigenvalue weighted by Crippen LogP contribution is -2.16. The normalized spacial score (nSPS) is 16.9. The molecule has 0 N–H and O–H groups in total. The molecule has 0 amide bonds. The van der Waals surface area contributed by atoms with Crippen LogP contribution in [0.4, 0.5) is 0 Å². The van der Waals surface area contributed by atoms with E-state index >= 15 is 0 Å². The predicted molar refractivity (Wildman–Crippen MR) is 43.8 cm³/mol. The summed E-state index contributed by atoms with van der Waals surface area (Å²) >= 11 is -1.53. The van der Waals surface area contributed by atoms with E-state index in [0.717, 1.165) is 26.4 Å².